The molecule has 1 aromatic rings. The fourth-order valence-electron chi connectivity index (χ4n) is 2.65. The molecule has 1 aromatic heterocycles. The molecule has 9 heteroatoms. The second-order valence-corrected chi connectivity index (χ2v) is 6.87. The molecule has 0 spiro atoms. The predicted octanol–water partition coefficient (Wildman–Crippen LogP) is -0.572. The summed E-state index contributed by atoms with van der Waals surface area (Å²) in [5.41, 5.74) is 0.442. The van der Waals surface area contributed by atoms with Gasteiger partial charge in [-0.3, -0.25) is 14.7 Å². The first-order chi connectivity index (χ1) is 9.41. The van der Waals surface area contributed by atoms with E-state index >= 15 is 0 Å². The molecule has 1 N–H and O–H groups in total. The van der Waals surface area contributed by atoms with Gasteiger partial charge in [0.1, 0.15) is 4.90 Å². The van der Waals surface area contributed by atoms with E-state index in [1.807, 2.05) is 0 Å². The summed E-state index contributed by atoms with van der Waals surface area (Å²) in [5.74, 6) is -2.39. The average molecular weight is 299 g/mol. The minimum atomic E-state index is -3.71. The van der Waals surface area contributed by atoms with Gasteiger partial charge in [0, 0.05) is 13.1 Å². The molecule has 2 aliphatic heterocycles. The highest BCUT2D eigenvalue weighted by Gasteiger charge is 2.49. The number of H-pyrrole nitrogens is 1. The number of rotatable bonds is 2. The van der Waals surface area contributed by atoms with Gasteiger partial charge < -0.3 is 4.74 Å². The molecule has 3 rings (SSSR count). The van der Waals surface area contributed by atoms with Crippen molar-refractivity contribution in [1.82, 2.24) is 14.5 Å². The van der Waals surface area contributed by atoms with E-state index in [9.17, 15) is 18.0 Å². The van der Waals surface area contributed by atoms with E-state index < -0.39 is 33.8 Å². The van der Waals surface area contributed by atoms with E-state index in [-0.39, 0.29) is 18.0 Å². The lowest BCUT2D eigenvalue weighted by Gasteiger charge is -2.30. The van der Waals surface area contributed by atoms with Gasteiger partial charge in [0.25, 0.3) is 0 Å². The van der Waals surface area contributed by atoms with Gasteiger partial charge in [-0.05, 0) is 13.3 Å². The minimum absolute atomic E-state index is 0.0256. The maximum absolute atomic E-state index is 12.5. The lowest BCUT2D eigenvalue weighted by atomic mass is 9.89. The Balaban J connectivity index is 1.88. The van der Waals surface area contributed by atoms with Crippen LogP contribution in [0.25, 0.3) is 0 Å². The number of cyclic esters (lactones) is 2. The van der Waals surface area contributed by atoms with Crippen LogP contribution in [0.4, 0.5) is 0 Å². The highest BCUT2D eigenvalue weighted by atomic mass is 32.2. The van der Waals surface area contributed by atoms with Crippen LogP contribution in [0.1, 0.15) is 12.1 Å². The summed E-state index contributed by atoms with van der Waals surface area (Å²) < 4.78 is 30.7. The minimum Gasteiger partial charge on any atom is -0.393 e. The molecule has 8 nitrogen and oxygen atoms in total. The van der Waals surface area contributed by atoms with Crippen molar-refractivity contribution < 1.29 is 22.7 Å². The van der Waals surface area contributed by atoms with Crippen molar-refractivity contribution in [3.63, 3.8) is 0 Å². The van der Waals surface area contributed by atoms with E-state index in [0.717, 1.165) is 0 Å². The third kappa shape index (κ3) is 1.85. The van der Waals surface area contributed by atoms with Crippen molar-refractivity contribution in [2.24, 2.45) is 11.8 Å². The Bertz CT molecular complexity index is 680. The molecule has 0 bridgehead atoms. The summed E-state index contributed by atoms with van der Waals surface area (Å²) >= 11 is 0. The van der Waals surface area contributed by atoms with Gasteiger partial charge in [-0.15, -0.1) is 0 Å². The van der Waals surface area contributed by atoms with Crippen molar-refractivity contribution >= 4 is 22.0 Å². The van der Waals surface area contributed by atoms with Gasteiger partial charge in [0.15, 0.2) is 0 Å². The van der Waals surface area contributed by atoms with Crippen molar-refractivity contribution in [3.05, 3.63) is 11.9 Å². The van der Waals surface area contributed by atoms with Crippen molar-refractivity contribution in [1.29, 1.82) is 0 Å². The van der Waals surface area contributed by atoms with E-state index in [1.54, 1.807) is 6.92 Å². The number of aromatic amines is 1. The van der Waals surface area contributed by atoms with Crippen LogP contribution < -0.4 is 0 Å². The molecular weight excluding hydrogens is 286 g/mol. The third-order valence-electron chi connectivity index (χ3n) is 3.78. The van der Waals surface area contributed by atoms with Gasteiger partial charge in [-0.2, -0.15) is 9.40 Å². The largest absolute Gasteiger partial charge is 0.393 e. The van der Waals surface area contributed by atoms with Crippen LogP contribution in [-0.4, -0.2) is 47.9 Å². The summed E-state index contributed by atoms with van der Waals surface area (Å²) in [6.07, 6.45) is 1.54. The van der Waals surface area contributed by atoms with Crippen LogP contribution in [0, 0.1) is 18.8 Å². The number of ether oxygens (including phenoxy) is 1. The zero-order valence-electron chi connectivity index (χ0n) is 10.7. The van der Waals surface area contributed by atoms with Crippen LogP contribution in [0.3, 0.4) is 0 Å². The van der Waals surface area contributed by atoms with Crippen molar-refractivity contribution in [2.75, 3.05) is 13.1 Å². The number of carbonyl (C=O) groups excluding carboxylic acids is 2. The molecule has 0 radical (unpaired) electrons. The van der Waals surface area contributed by atoms with Crippen molar-refractivity contribution in [2.45, 2.75) is 18.2 Å². The Morgan fingerprint density at radius 1 is 1.35 bits per heavy atom. The molecule has 2 fully saturated rings. The Kier molecular flexibility index (Phi) is 2.91. The molecule has 0 aromatic carbocycles. The van der Waals surface area contributed by atoms with Crippen LogP contribution in [0.15, 0.2) is 11.1 Å². The number of aromatic nitrogens is 2. The number of nitrogens with zero attached hydrogens (tertiary/aromatic N) is 2. The zero-order valence-corrected chi connectivity index (χ0v) is 11.5. The van der Waals surface area contributed by atoms with Gasteiger partial charge in [0.2, 0.25) is 10.0 Å². The number of fused-ring (bicyclic) bond motifs is 1. The fraction of sp³-hybridized carbons (Fsp3) is 0.545. The van der Waals surface area contributed by atoms with E-state index in [0.29, 0.717) is 12.1 Å². The van der Waals surface area contributed by atoms with Crippen LogP contribution in [-0.2, 0) is 24.3 Å². The quantitative estimate of drug-likeness (QED) is 0.578. The summed E-state index contributed by atoms with van der Waals surface area (Å²) in [7, 11) is -3.71. The zero-order chi connectivity index (χ0) is 14.5. The molecular formula is C11H13N3O5S. The van der Waals surface area contributed by atoms with E-state index in [4.69, 9.17) is 0 Å². The molecule has 0 saturated carbocycles. The van der Waals surface area contributed by atoms with E-state index in [1.165, 1.54) is 10.5 Å². The lowest BCUT2D eigenvalue weighted by molar-refractivity contribution is -0.153. The van der Waals surface area contributed by atoms with Crippen LogP contribution >= 0.6 is 0 Å². The molecule has 108 valence electrons. The molecule has 0 amide bonds. The molecule has 2 unspecified atom stereocenters. The van der Waals surface area contributed by atoms with Gasteiger partial charge >= 0.3 is 11.9 Å². The van der Waals surface area contributed by atoms with E-state index in [2.05, 4.69) is 14.9 Å². The predicted molar refractivity (Wildman–Crippen MR) is 64.8 cm³/mol. The smallest absolute Gasteiger partial charge is 0.318 e. The normalized spacial score (nSPS) is 27.4. The maximum atomic E-state index is 12.5. The lowest BCUT2D eigenvalue weighted by Crippen LogP contribution is -2.44. The second-order valence-electron chi connectivity index (χ2n) is 4.96. The fourth-order valence-corrected chi connectivity index (χ4v) is 4.25. The number of hydrogen-bond acceptors (Lipinski definition) is 6. The standard InChI is InChI=1S/C11H13N3O5S/c1-6-9(4-12-13-6)20(17,18)14-3-2-7-8(5-14)11(16)19-10(7)15/h4,7-8H,2-3,5H2,1H3,(H,12,13). The average Bonchev–Trinajstić information content (AvgIpc) is 2.95. The SMILES string of the molecule is Cc1[nH]ncc1S(=O)(=O)N1CCC2C(=O)OC(=O)C2C1. The molecule has 2 saturated heterocycles. The number of hydrogen-bond donors (Lipinski definition) is 1. The number of carbonyl (C=O) groups is 2. The molecule has 20 heavy (non-hydrogen) atoms. The number of nitrogens with one attached hydrogen (secondary N) is 1. The van der Waals surface area contributed by atoms with Gasteiger partial charge in [0.05, 0.1) is 23.7 Å². The Hall–Kier alpha value is -1.74. The number of aryl methyl sites for hydroxylation is 1. The molecule has 2 atom stereocenters. The molecule has 3 heterocycles. The number of esters is 2. The Morgan fingerprint density at radius 2 is 2.05 bits per heavy atom. The highest BCUT2D eigenvalue weighted by Crippen LogP contribution is 2.34. The maximum Gasteiger partial charge on any atom is 0.318 e. The van der Waals surface area contributed by atoms with Crippen LogP contribution in [0.5, 0.6) is 0 Å². The molecule has 0 aliphatic carbocycles. The Morgan fingerprint density at radius 3 is 2.70 bits per heavy atom. The number of piperidine rings is 1. The topological polar surface area (TPSA) is 109 Å². The van der Waals surface area contributed by atoms with Crippen molar-refractivity contribution in [3.8, 4) is 0 Å². The molecule has 2 aliphatic rings. The first-order valence-corrected chi connectivity index (χ1v) is 7.61. The van der Waals surface area contributed by atoms with Gasteiger partial charge in [-0.1, -0.05) is 0 Å². The monoisotopic (exact) mass is 299 g/mol. The second kappa shape index (κ2) is 4.38. The van der Waals surface area contributed by atoms with Gasteiger partial charge in [-0.25, -0.2) is 8.42 Å². The first kappa shape index (κ1) is 13.3. The third-order valence-corrected chi connectivity index (χ3v) is 5.76. The highest BCUT2D eigenvalue weighted by molar-refractivity contribution is 7.89. The summed E-state index contributed by atoms with van der Waals surface area (Å²) in [4.78, 5) is 23.1. The summed E-state index contributed by atoms with van der Waals surface area (Å²) in [6.45, 7) is 1.78. The summed E-state index contributed by atoms with van der Waals surface area (Å²) in [5, 5.41) is 6.27. The first-order valence-electron chi connectivity index (χ1n) is 6.17. The number of sulfonamides is 1. The Labute approximate surface area is 115 Å². The summed E-state index contributed by atoms with van der Waals surface area (Å²) in [6, 6.07) is 0. The van der Waals surface area contributed by atoms with Crippen LogP contribution in [0.2, 0.25) is 0 Å².